The third kappa shape index (κ3) is 3.24. The molecule has 2 saturated heterocycles. The van der Waals surface area contributed by atoms with Crippen molar-refractivity contribution in [1.82, 2.24) is 10.6 Å². The average molecular weight is 279 g/mol. The van der Waals surface area contributed by atoms with Crippen LogP contribution in [-0.2, 0) is 9.31 Å². The number of hydrogen-bond donors (Lipinski definition) is 3. The summed E-state index contributed by atoms with van der Waals surface area (Å²) in [5.41, 5.74) is 0.00505. The SMILES string of the molecule is CC1(C)OB(/C(C=N)=C/NC2CCNCC2)OC1(C)C. The lowest BCUT2D eigenvalue weighted by atomic mass is 9.79. The normalized spacial score (nSPS) is 26.6. The van der Waals surface area contributed by atoms with Crippen LogP contribution in [0.25, 0.3) is 0 Å². The summed E-state index contributed by atoms with van der Waals surface area (Å²) in [6.07, 6.45) is 5.40. The minimum Gasteiger partial charge on any atom is -0.399 e. The van der Waals surface area contributed by atoms with Crippen LogP contribution in [0.5, 0.6) is 0 Å². The van der Waals surface area contributed by atoms with E-state index in [1.54, 1.807) is 0 Å². The first-order chi connectivity index (χ1) is 9.36. The summed E-state index contributed by atoms with van der Waals surface area (Å²) in [6, 6.07) is 0.466. The molecule has 0 aromatic rings. The van der Waals surface area contributed by atoms with Crippen LogP contribution in [-0.4, -0.2) is 43.7 Å². The first kappa shape index (κ1) is 15.5. The first-order valence-corrected chi connectivity index (χ1v) is 7.39. The maximum Gasteiger partial charge on any atom is 0.497 e. The Morgan fingerprint density at radius 3 is 2.25 bits per heavy atom. The molecule has 0 amide bonds. The van der Waals surface area contributed by atoms with Gasteiger partial charge in [-0.15, -0.1) is 0 Å². The molecule has 2 aliphatic heterocycles. The second-order valence-electron chi connectivity index (χ2n) is 6.57. The van der Waals surface area contributed by atoms with Crippen LogP contribution in [0.2, 0.25) is 0 Å². The van der Waals surface area contributed by atoms with Crippen molar-refractivity contribution in [2.45, 2.75) is 57.8 Å². The molecule has 0 saturated carbocycles. The van der Waals surface area contributed by atoms with Crippen molar-refractivity contribution >= 4 is 13.3 Å². The molecule has 2 aliphatic rings. The molecule has 5 nitrogen and oxygen atoms in total. The van der Waals surface area contributed by atoms with E-state index in [1.165, 1.54) is 6.21 Å². The van der Waals surface area contributed by atoms with Crippen molar-refractivity contribution in [2.24, 2.45) is 0 Å². The highest BCUT2D eigenvalue weighted by Crippen LogP contribution is 2.38. The Morgan fingerprint density at radius 2 is 1.75 bits per heavy atom. The molecule has 0 atom stereocenters. The van der Waals surface area contributed by atoms with Crippen molar-refractivity contribution in [3.05, 3.63) is 11.7 Å². The number of piperidine rings is 1. The maximum absolute atomic E-state index is 7.60. The Morgan fingerprint density at radius 1 is 1.20 bits per heavy atom. The fraction of sp³-hybridized carbons (Fsp3) is 0.786. The van der Waals surface area contributed by atoms with Gasteiger partial charge in [-0.25, -0.2) is 0 Å². The Balaban J connectivity index is 2.00. The van der Waals surface area contributed by atoms with Gasteiger partial charge in [0.1, 0.15) is 0 Å². The van der Waals surface area contributed by atoms with Gasteiger partial charge in [0.25, 0.3) is 0 Å². The second-order valence-corrected chi connectivity index (χ2v) is 6.57. The van der Waals surface area contributed by atoms with Gasteiger partial charge in [-0.2, -0.15) is 0 Å². The van der Waals surface area contributed by atoms with E-state index in [1.807, 2.05) is 33.9 Å². The minimum absolute atomic E-state index is 0.367. The Labute approximate surface area is 122 Å². The van der Waals surface area contributed by atoms with Gasteiger partial charge >= 0.3 is 7.12 Å². The molecule has 3 N–H and O–H groups in total. The highest BCUT2D eigenvalue weighted by Gasteiger charge is 2.52. The van der Waals surface area contributed by atoms with Crippen LogP contribution in [0.1, 0.15) is 40.5 Å². The fourth-order valence-electron chi connectivity index (χ4n) is 2.36. The molecule has 0 radical (unpaired) electrons. The molecule has 2 fully saturated rings. The van der Waals surface area contributed by atoms with E-state index < -0.39 is 7.12 Å². The topological polar surface area (TPSA) is 66.4 Å². The van der Waals surface area contributed by atoms with Gasteiger partial charge in [0.15, 0.2) is 0 Å². The van der Waals surface area contributed by atoms with Crippen LogP contribution < -0.4 is 10.6 Å². The fourth-order valence-corrected chi connectivity index (χ4v) is 2.36. The zero-order valence-electron chi connectivity index (χ0n) is 13.0. The van der Waals surface area contributed by atoms with Crippen molar-refractivity contribution in [2.75, 3.05) is 13.1 Å². The van der Waals surface area contributed by atoms with E-state index >= 15 is 0 Å². The second kappa shape index (κ2) is 5.88. The van der Waals surface area contributed by atoms with E-state index in [-0.39, 0.29) is 11.2 Å². The predicted molar refractivity (Wildman–Crippen MR) is 82.0 cm³/mol. The molecule has 0 bridgehead atoms. The summed E-state index contributed by atoms with van der Waals surface area (Å²) < 4.78 is 11.9. The van der Waals surface area contributed by atoms with Crippen molar-refractivity contribution in [3.8, 4) is 0 Å². The predicted octanol–water partition coefficient (Wildman–Crippen LogP) is 1.49. The van der Waals surface area contributed by atoms with E-state index in [0.29, 0.717) is 6.04 Å². The van der Waals surface area contributed by atoms with Crippen LogP contribution in [0.15, 0.2) is 11.7 Å². The monoisotopic (exact) mass is 279 g/mol. The molecule has 0 aliphatic carbocycles. The van der Waals surface area contributed by atoms with Crippen molar-refractivity contribution < 1.29 is 9.31 Å². The average Bonchev–Trinajstić information content (AvgIpc) is 2.60. The van der Waals surface area contributed by atoms with Gasteiger partial charge in [0, 0.05) is 17.7 Å². The van der Waals surface area contributed by atoms with E-state index in [2.05, 4.69) is 10.6 Å². The van der Waals surface area contributed by atoms with Gasteiger partial charge in [-0.3, -0.25) is 0 Å². The molecule has 6 heteroatoms. The van der Waals surface area contributed by atoms with Gasteiger partial charge in [-0.1, -0.05) is 0 Å². The third-order valence-corrected chi connectivity index (χ3v) is 4.52. The van der Waals surface area contributed by atoms with Gasteiger partial charge in [0.05, 0.1) is 11.2 Å². The lowest BCUT2D eigenvalue weighted by Gasteiger charge is -2.32. The van der Waals surface area contributed by atoms with Crippen LogP contribution in [0.4, 0.5) is 0 Å². The van der Waals surface area contributed by atoms with E-state index in [4.69, 9.17) is 14.7 Å². The van der Waals surface area contributed by atoms with Gasteiger partial charge in [0.2, 0.25) is 0 Å². The van der Waals surface area contributed by atoms with Crippen molar-refractivity contribution in [1.29, 1.82) is 5.41 Å². The highest BCUT2D eigenvalue weighted by atomic mass is 16.7. The van der Waals surface area contributed by atoms with E-state index in [9.17, 15) is 0 Å². The summed E-state index contributed by atoms with van der Waals surface area (Å²) in [4.78, 5) is 0. The Bertz CT molecular complexity index is 374. The molecule has 2 rings (SSSR count). The number of hydrogen-bond acceptors (Lipinski definition) is 5. The van der Waals surface area contributed by atoms with Crippen LogP contribution in [0, 0.1) is 5.41 Å². The van der Waals surface area contributed by atoms with Crippen LogP contribution in [0.3, 0.4) is 0 Å². The molecule has 2 heterocycles. The molecule has 0 unspecified atom stereocenters. The summed E-state index contributed by atoms with van der Waals surface area (Å²) in [6.45, 7) is 10.2. The molecule has 20 heavy (non-hydrogen) atoms. The number of allylic oxidation sites excluding steroid dienone is 1. The molecule has 112 valence electrons. The van der Waals surface area contributed by atoms with Crippen LogP contribution >= 0.6 is 0 Å². The van der Waals surface area contributed by atoms with Crippen molar-refractivity contribution in [3.63, 3.8) is 0 Å². The highest BCUT2D eigenvalue weighted by molar-refractivity contribution is 6.60. The largest absolute Gasteiger partial charge is 0.497 e. The summed E-state index contributed by atoms with van der Waals surface area (Å²) in [5, 5.41) is 14.3. The standard InChI is InChI=1S/C14H26BN3O2/c1-13(2)14(3,4)20-15(19-13)11(9-16)10-18-12-5-7-17-8-6-12/h9-10,12,16-18H,5-8H2,1-4H3/b11-10+,16-9?. The smallest absolute Gasteiger partial charge is 0.399 e. The number of rotatable bonds is 4. The Hall–Kier alpha value is -0.845. The Kier molecular flexibility index (Phi) is 4.57. The van der Waals surface area contributed by atoms with Gasteiger partial charge in [-0.05, 0) is 59.8 Å². The molecule has 0 aromatic carbocycles. The lowest BCUT2D eigenvalue weighted by molar-refractivity contribution is 0.00578. The molecular formula is C14H26BN3O2. The summed E-state index contributed by atoms with van der Waals surface area (Å²) in [5.74, 6) is 0. The quantitative estimate of drug-likeness (QED) is 0.539. The third-order valence-electron chi connectivity index (χ3n) is 4.52. The summed E-state index contributed by atoms with van der Waals surface area (Å²) in [7, 11) is -0.466. The maximum atomic E-state index is 7.60. The minimum atomic E-state index is -0.466. The van der Waals surface area contributed by atoms with Gasteiger partial charge < -0.3 is 25.4 Å². The lowest BCUT2D eigenvalue weighted by Crippen LogP contribution is -2.41. The summed E-state index contributed by atoms with van der Waals surface area (Å²) >= 11 is 0. The van der Waals surface area contributed by atoms with E-state index in [0.717, 1.165) is 31.4 Å². The zero-order valence-corrected chi connectivity index (χ0v) is 13.0. The molecule has 0 aromatic heterocycles. The zero-order chi connectivity index (χ0) is 14.8. The molecule has 0 spiro atoms. The number of nitrogens with one attached hydrogen (secondary N) is 3. The first-order valence-electron chi connectivity index (χ1n) is 7.39. The molecular weight excluding hydrogens is 253 g/mol.